The van der Waals surface area contributed by atoms with Crippen molar-refractivity contribution in [3.8, 4) is 0 Å². The van der Waals surface area contributed by atoms with E-state index < -0.39 is 137 Å². The number of carbonyl (C=O) groups is 10. The lowest BCUT2D eigenvalue weighted by Gasteiger charge is -2.31. The largest absolute Gasteiger partial charge is 0.368 e. The van der Waals surface area contributed by atoms with Gasteiger partial charge in [0, 0.05) is 84.8 Å². The van der Waals surface area contributed by atoms with Crippen LogP contribution in [0.3, 0.4) is 0 Å². The standard InChI is InChI=1S/C66H75F3N10O10S2/c1-36-57(80)29-44(27-45-32-71-51-20-19-48(69)31-50(45)51)62(85)76-53(28-43-14-13-42-15-18-47(68)30-49(42)43)66(89)78-22-5-9-55(78)63(86)74-38(3)61(84)75-52(26-39-11-16-46(67)17-12-39)65(88)79-23-6-10-56(79)64(87)77-54(59(70)82)35-91-34-41-8-4-7-40(25-41)33-90-24-21-58(81)72-37(2)60(83)73-36/h4,7-8,11-12,14-20,25,30-32,36-38,44,52-56,71H,5-6,9-10,13,21-24,26-29,33-35H2,1-3H3,(H2,70,82)(H,72,81)(H,73,83)(H,74,86)(H,75,84)(H,76,85)(H,77,87)/t36-,37+,38+,44-,52+,53+,54+,55+,56+/m1/s1. The molecule has 1 aromatic heterocycles. The molecule has 3 aliphatic heterocycles. The number of primary amides is 1. The number of rotatable bonds is 7. The predicted octanol–water partition coefficient (Wildman–Crippen LogP) is 4.98. The zero-order valence-corrected chi connectivity index (χ0v) is 52.4. The minimum atomic E-state index is -1.43. The molecule has 4 heterocycles. The molecular weight excluding hydrogens is 1210 g/mol. The maximum atomic E-state index is 15.2. The van der Waals surface area contributed by atoms with Gasteiger partial charge < -0.3 is 52.4 Å². The maximum absolute atomic E-state index is 15.2. The predicted molar refractivity (Wildman–Crippen MR) is 339 cm³/mol. The van der Waals surface area contributed by atoms with Crippen molar-refractivity contribution < 1.29 is 61.1 Å². The summed E-state index contributed by atoms with van der Waals surface area (Å²) in [6.45, 7) is 4.46. The van der Waals surface area contributed by atoms with Crippen LogP contribution >= 0.6 is 23.5 Å². The van der Waals surface area contributed by atoms with Crippen LogP contribution in [0.1, 0.15) is 99.1 Å². The second kappa shape index (κ2) is 30.6. The molecule has 0 saturated carbocycles. The van der Waals surface area contributed by atoms with Gasteiger partial charge in [-0.15, -0.1) is 0 Å². The zero-order chi connectivity index (χ0) is 65.0. The zero-order valence-electron chi connectivity index (χ0n) is 50.8. The van der Waals surface area contributed by atoms with Gasteiger partial charge in [-0.1, -0.05) is 48.5 Å². The molecule has 5 aromatic rings. The van der Waals surface area contributed by atoms with Crippen LogP contribution < -0.4 is 37.6 Å². The highest BCUT2D eigenvalue weighted by molar-refractivity contribution is 7.98. The van der Waals surface area contributed by atoms with Gasteiger partial charge >= 0.3 is 0 Å². The summed E-state index contributed by atoms with van der Waals surface area (Å²) < 4.78 is 43.9. The second-order valence-corrected chi connectivity index (χ2v) is 25.8. The molecule has 2 saturated heterocycles. The van der Waals surface area contributed by atoms with Crippen molar-refractivity contribution in [2.24, 2.45) is 11.7 Å². The third-order valence-electron chi connectivity index (χ3n) is 17.0. The van der Waals surface area contributed by atoms with Crippen molar-refractivity contribution in [3.05, 3.63) is 148 Å². The van der Waals surface area contributed by atoms with Crippen molar-refractivity contribution in [3.63, 3.8) is 0 Å². The first-order valence-electron chi connectivity index (χ1n) is 30.5. The Hall–Kier alpha value is -8.45. The number of aromatic nitrogens is 1. The van der Waals surface area contributed by atoms with E-state index in [1.165, 1.54) is 109 Å². The lowest BCUT2D eigenvalue weighted by Crippen LogP contribution is -2.59. The van der Waals surface area contributed by atoms with Crippen molar-refractivity contribution in [2.45, 2.75) is 145 Å². The van der Waals surface area contributed by atoms with Crippen LogP contribution in [0, 0.1) is 23.4 Å². The molecular formula is C66H75F3N10O10S2. The number of amides is 9. The minimum Gasteiger partial charge on any atom is -0.368 e. The summed E-state index contributed by atoms with van der Waals surface area (Å²) in [6.07, 6.45) is 3.98. The van der Waals surface area contributed by atoms with E-state index >= 15 is 9.59 Å². The minimum absolute atomic E-state index is 0.0398. The molecule has 482 valence electrons. The van der Waals surface area contributed by atoms with E-state index in [2.05, 4.69) is 36.9 Å². The lowest BCUT2D eigenvalue weighted by molar-refractivity contribution is -0.143. The molecule has 2 fully saturated rings. The van der Waals surface area contributed by atoms with Crippen LogP contribution in [-0.2, 0) is 78.7 Å². The fourth-order valence-corrected chi connectivity index (χ4v) is 13.9. The molecule has 20 nitrogen and oxygen atoms in total. The Labute approximate surface area is 533 Å². The van der Waals surface area contributed by atoms with Gasteiger partial charge in [0.25, 0.3) is 0 Å². The molecule has 9 rings (SSSR count). The van der Waals surface area contributed by atoms with Crippen LogP contribution in [0.4, 0.5) is 13.2 Å². The highest BCUT2D eigenvalue weighted by atomic mass is 32.2. The van der Waals surface area contributed by atoms with Gasteiger partial charge in [0.05, 0.1) is 6.04 Å². The highest BCUT2D eigenvalue weighted by Crippen LogP contribution is 2.34. The van der Waals surface area contributed by atoms with E-state index in [1.807, 2.05) is 30.3 Å². The number of nitrogens with two attached hydrogens (primary N) is 1. The van der Waals surface area contributed by atoms with Crippen molar-refractivity contribution in [1.29, 1.82) is 0 Å². The average Bonchev–Trinajstić information content (AvgIpc) is 2.90. The van der Waals surface area contributed by atoms with Gasteiger partial charge in [-0.2, -0.15) is 23.5 Å². The number of allylic oxidation sites excluding steroid dienone is 1. The highest BCUT2D eigenvalue weighted by Gasteiger charge is 2.42. The first kappa shape index (κ1) is 67.0. The van der Waals surface area contributed by atoms with E-state index in [1.54, 1.807) is 12.3 Å². The van der Waals surface area contributed by atoms with Gasteiger partial charge in [0.15, 0.2) is 5.78 Å². The van der Waals surface area contributed by atoms with Crippen molar-refractivity contribution in [2.75, 3.05) is 24.6 Å². The third kappa shape index (κ3) is 17.3. The number of benzene rings is 4. The average molecular weight is 1290 g/mol. The molecule has 25 heteroatoms. The Morgan fingerprint density at radius 3 is 1.90 bits per heavy atom. The number of Topliss-reactive ketones (excluding diaryl/α,β-unsaturated/α-hetero) is 1. The summed E-state index contributed by atoms with van der Waals surface area (Å²) in [5.41, 5.74) is 11.0. The number of fused-ring (bicyclic) bond motifs is 6. The van der Waals surface area contributed by atoms with Crippen LogP contribution in [-0.4, -0.2) is 147 Å². The number of ketones is 1. The SMILES string of the molecule is C[C@@H]1NC(=O)CCSCc2cccc(c2)CSC[C@@H](C(N)=O)NC(=O)[C@@H]2CCCN2C(=O)[C@H](Cc2ccc(F)cc2)NC(=O)[C@H](C)NC(=O)[C@@H]2CCCN2C(=O)[C@H](CC2=CCc3ccc(F)cc32)NC(=O)[C@H](Cc2c[nH]c3ccc(F)cc23)CC(=O)[C@@H](C)NC1=O. The molecule has 9 N–H and O–H groups in total. The summed E-state index contributed by atoms with van der Waals surface area (Å²) in [5.74, 6) is -8.14. The lowest BCUT2D eigenvalue weighted by atomic mass is 9.90. The van der Waals surface area contributed by atoms with Crippen LogP contribution in [0.15, 0.2) is 97.2 Å². The molecule has 1 aliphatic carbocycles. The number of halogens is 3. The van der Waals surface area contributed by atoms with Crippen LogP contribution in [0.5, 0.6) is 0 Å². The number of aromatic amines is 1. The maximum Gasteiger partial charge on any atom is 0.246 e. The summed E-state index contributed by atoms with van der Waals surface area (Å²) >= 11 is 2.85. The third-order valence-corrected chi connectivity index (χ3v) is 19.1. The Kier molecular flexibility index (Phi) is 22.5. The quantitative estimate of drug-likeness (QED) is 0.107. The second-order valence-electron chi connectivity index (χ2n) is 23.7. The van der Waals surface area contributed by atoms with Gasteiger partial charge in [0.2, 0.25) is 53.2 Å². The van der Waals surface area contributed by atoms with Gasteiger partial charge in [-0.25, -0.2) is 13.2 Å². The fourth-order valence-electron chi connectivity index (χ4n) is 12.0. The number of hydrogen-bond donors (Lipinski definition) is 8. The molecule has 0 spiro atoms. The number of H-pyrrole nitrogens is 1. The number of thioether (sulfide) groups is 2. The number of nitrogens with zero attached hydrogens (tertiary/aromatic N) is 2. The van der Waals surface area contributed by atoms with Gasteiger partial charge in [0.1, 0.15) is 59.7 Å². The Morgan fingerprint density at radius 1 is 0.615 bits per heavy atom. The van der Waals surface area contributed by atoms with Crippen LogP contribution in [0.2, 0.25) is 0 Å². The Bertz CT molecular complexity index is 3630. The van der Waals surface area contributed by atoms with Gasteiger partial charge in [-0.3, -0.25) is 47.9 Å². The molecule has 9 amide bonds. The normalized spacial score (nSPS) is 25.2. The van der Waals surface area contributed by atoms with E-state index in [-0.39, 0.29) is 57.4 Å². The summed E-state index contributed by atoms with van der Waals surface area (Å²) in [7, 11) is 0. The first-order valence-corrected chi connectivity index (χ1v) is 32.8. The summed E-state index contributed by atoms with van der Waals surface area (Å²) in [6, 6.07) is 11.6. The van der Waals surface area contributed by atoms with Crippen molar-refractivity contribution >= 4 is 98.9 Å². The van der Waals surface area contributed by atoms with Crippen LogP contribution in [0.25, 0.3) is 16.5 Å². The number of hydrogen-bond acceptors (Lipinski definition) is 12. The van der Waals surface area contributed by atoms with Crippen molar-refractivity contribution in [1.82, 2.24) is 46.7 Å². The summed E-state index contributed by atoms with van der Waals surface area (Å²) in [4.78, 5) is 147. The van der Waals surface area contributed by atoms with Gasteiger partial charge in [-0.05, 0) is 141 Å². The van der Waals surface area contributed by atoms with E-state index in [0.29, 0.717) is 69.7 Å². The monoisotopic (exact) mass is 1290 g/mol. The molecule has 4 aliphatic rings. The molecule has 0 unspecified atom stereocenters. The number of carbonyl (C=O) groups excluding carboxylic acids is 10. The molecule has 2 bridgehead atoms. The molecule has 0 radical (unpaired) electrons. The Morgan fingerprint density at radius 2 is 1.21 bits per heavy atom. The first-order chi connectivity index (χ1) is 43.6. The molecule has 91 heavy (non-hydrogen) atoms. The molecule has 9 atom stereocenters. The Balaban J connectivity index is 0.997. The smallest absolute Gasteiger partial charge is 0.246 e. The fraction of sp³-hybridized carbons (Fsp3) is 0.424. The summed E-state index contributed by atoms with van der Waals surface area (Å²) in [5, 5.41) is 16.8. The topological polar surface area (TPSA) is 291 Å². The molecule has 4 aromatic carbocycles. The number of nitrogens with one attached hydrogen (secondary N) is 7. The van der Waals surface area contributed by atoms with E-state index in [0.717, 1.165) is 16.7 Å². The van der Waals surface area contributed by atoms with E-state index in [9.17, 15) is 51.5 Å². The van der Waals surface area contributed by atoms with E-state index in [4.69, 9.17) is 5.73 Å².